The van der Waals surface area contributed by atoms with E-state index < -0.39 is 40.8 Å². The first kappa shape index (κ1) is 44.2. The maximum absolute atomic E-state index is 14.6. The molecule has 1 saturated carbocycles. The van der Waals surface area contributed by atoms with Crippen molar-refractivity contribution >= 4 is 46.1 Å². The lowest BCUT2D eigenvalue weighted by molar-refractivity contribution is -0.162. The summed E-state index contributed by atoms with van der Waals surface area (Å²) < 4.78 is 14.3. The summed E-state index contributed by atoms with van der Waals surface area (Å²) in [4.78, 5) is 69.6. The van der Waals surface area contributed by atoms with Gasteiger partial charge < -0.3 is 29.2 Å². The van der Waals surface area contributed by atoms with E-state index in [2.05, 4.69) is 60.3 Å². The van der Waals surface area contributed by atoms with Crippen LogP contribution in [0.15, 0.2) is 41.9 Å². The molecule has 4 atom stereocenters. The molecule has 3 aliphatic rings. The highest BCUT2D eigenvalue weighted by Crippen LogP contribution is 2.42. The summed E-state index contributed by atoms with van der Waals surface area (Å²) in [5.74, 6) is -1.52. The van der Waals surface area contributed by atoms with E-state index in [1.54, 1.807) is 39.2 Å². The number of nitrogens with zero attached hydrogens (tertiary/aromatic N) is 6. The van der Waals surface area contributed by atoms with Gasteiger partial charge in [0.1, 0.15) is 17.6 Å². The number of cyclic esters (lactones) is 1. The molecule has 2 fully saturated rings. The van der Waals surface area contributed by atoms with Crippen molar-refractivity contribution in [2.45, 2.75) is 123 Å². The van der Waals surface area contributed by atoms with E-state index in [1.807, 2.05) is 32.2 Å². The number of ether oxygens (including phenoxy) is 2. The number of carbonyl (C=O) groups is 4. The van der Waals surface area contributed by atoms with Gasteiger partial charge >= 0.3 is 12.0 Å². The Kier molecular flexibility index (Phi) is 12.7. The fourth-order valence-electron chi connectivity index (χ4n) is 8.98. The van der Waals surface area contributed by atoms with Crippen LogP contribution in [0.25, 0.3) is 33.4 Å². The number of hydrogen-bond donors (Lipinski definition) is 2. The van der Waals surface area contributed by atoms with Crippen molar-refractivity contribution < 1.29 is 28.7 Å². The number of hydrogen-bond acceptors (Lipinski definition) is 10. The van der Waals surface area contributed by atoms with Gasteiger partial charge in [0.15, 0.2) is 0 Å². The van der Waals surface area contributed by atoms with Gasteiger partial charge in [0, 0.05) is 85.8 Å². The molecule has 6 bridgehead atoms. The molecule has 2 N–H and O–H groups in total. The van der Waals surface area contributed by atoms with E-state index in [9.17, 15) is 19.2 Å². The van der Waals surface area contributed by atoms with Crippen molar-refractivity contribution in [3.05, 3.63) is 58.2 Å². The Hall–Kier alpha value is -4.86. The minimum Gasteiger partial charge on any atom is -0.464 e. The van der Waals surface area contributed by atoms with Crippen LogP contribution in [0.1, 0.15) is 96.5 Å². The number of nitrogens with one attached hydrogen (secondary N) is 2. The Balaban J connectivity index is 1.32. The van der Waals surface area contributed by atoms with Gasteiger partial charge in [-0.1, -0.05) is 33.8 Å². The van der Waals surface area contributed by atoms with Gasteiger partial charge in [0.25, 0.3) is 5.91 Å². The second kappa shape index (κ2) is 17.5. The molecule has 15 heteroatoms. The maximum Gasteiger partial charge on any atom is 0.327 e. The Morgan fingerprint density at radius 2 is 1.89 bits per heavy atom. The molecule has 4 aromatic rings. The Morgan fingerprint density at radius 1 is 1.13 bits per heavy atom. The summed E-state index contributed by atoms with van der Waals surface area (Å²) in [6, 6.07) is 8.52. The van der Waals surface area contributed by atoms with Gasteiger partial charge in [-0.15, -0.1) is 11.3 Å². The number of pyridine rings is 1. The quantitative estimate of drug-likeness (QED) is 0.174. The van der Waals surface area contributed by atoms with Crippen LogP contribution < -0.4 is 10.7 Å². The average Bonchev–Trinajstić information content (AvgIpc) is 3.91. The zero-order chi connectivity index (χ0) is 44.0. The third kappa shape index (κ3) is 8.92. The number of esters is 1. The lowest BCUT2D eigenvalue weighted by Gasteiger charge is -2.41. The van der Waals surface area contributed by atoms with Crippen molar-refractivity contribution in [1.29, 1.82) is 0 Å². The van der Waals surface area contributed by atoms with E-state index in [1.165, 1.54) is 21.2 Å². The zero-order valence-corrected chi connectivity index (χ0v) is 38.1. The standard InChI is InChI=1S/C46H62N8O6S/c1-11-53-36-18-15-29-22-32(36)33(40(53)31-14-12-20-47-38(31)28(4)59-10)24-45(5,6)26-60-43(57)46(7)19-13-21-54(50-46)42(56)34(23-37-48-35(29)25-61-37)49-41(55)39(27(2)3)52(9)44(58)51(8)30-16-17-30/h12,14-15,18,20,22,25,27-28,30,34,39,50H,11,13,16-17,19,21,23-24,26H2,1-10H3,(H,49,55)/t28-,34-,39-,46+/m0/s1. The first-order valence-corrected chi connectivity index (χ1v) is 22.5. The van der Waals surface area contributed by atoms with Crippen LogP contribution in [0.3, 0.4) is 0 Å². The van der Waals surface area contributed by atoms with Gasteiger partial charge in [0.05, 0.1) is 34.8 Å². The highest BCUT2D eigenvalue weighted by atomic mass is 32.1. The molecule has 2 aliphatic heterocycles. The average molecular weight is 855 g/mol. The van der Waals surface area contributed by atoms with E-state index in [4.69, 9.17) is 19.4 Å². The van der Waals surface area contributed by atoms with Crippen LogP contribution in [-0.2, 0) is 43.2 Å². The van der Waals surface area contributed by atoms with Crippen LogP contribution in [-0.4, -0.2) is 111 Å². The normalized spacial score (nSPS) is 21.8. The Labute approximate surface area is 363 Å². The molecular weight excluding hydrogens is 793 g/mol. The number of likely N-dealkylation sites (N-methyl/N-ethyl adjacent to an activating group) is 1. The Bertz CT molecular complexity index is 2300. The lowest BCUT2D eigenvalue weighted by atomic mass is 9.84. The van der Waals surface area contributed by atoms with Crippen molar-refractivity contribution in [1.82, 2.24) is 40.1 Å². The molecule has 3 aromatic heterocycles. The van der Waals surface area contributed by atoms with E-state index in [-0.39, 0.29) is 37.1 Å². The summed E-state index contributed by atoms with van der Waals surface area (Å²) >= 11 is 1.43. The molecule has 1 saturated heterocycles. The molecule has 0 unspecified atom stereocenters. The number of urea groups is 1. The van der Waals surface area contributed by atoms with Crippen molar-refractivity contribution in [2.24, 2.45) is 11.3 Å². The monoisotopic (exact) mass is 854 g/mol. The highest BCUT2D eigenvalue weighted by Gasteiger charge is 2.44. The number of methoxy groups -OCH3 is 1. The molecule has 1 aromatic carbocycles. The summed E-state index contributed by atoms with van der Waals surface area (Å²) in [5.41, 5.74) is 8.25. The molecule has 328 valence electrons. The van der Waals surface area contributed by atoms with Gasteiger partial charge in [-0.25, -0.2) is 20.0 Å². The minimum absolute atomic E-state index is 0.110. The third-order valence-corrected chi connectivity index (χ3v) is 13.5. The first-order valence-electron chi connectivity index (χ1n) is 21.6. The number of rotatable bonds is 9. The summed E-state index contributed by atoms with van der Waals surface area (Å²) in [7, 11) is 5.10. The molecule has 0 radical (unpaired) electrons. The molecular formula is C46H62N8O6S. The van der Waals surface area contributed by atoms with E-state index in [0.29, 0.717) is 37.4 Å². The lowest BCUT2D eigenvalue weighted by Crippen LogP contribution is -2.66. The third-order valence-electron chi connectivity index (χ3n) is 12.6. The van der Waals surface area contributed by atoms with Gasteiger partial charge in [0.2, 0.25) is 5.91 Å². The van der Waals surface area contributed by atoms with Gasteiger partial charge in [-0.05, 0) is 88.6 Å². The van der Waals surface area contributed by atoms with Crippen LogP contribution in [0.4, 0.5) is 4.79 Å². The molecule has 0 spiro atoms. The predicted octanol–water partition coefficient (Wildman–Crippen LogP) is 6.76. The fourth-order valence-corrected chi connectivity index (χ4v) is 9.83. The summed E-state index contributed by atoms with van der Waals surface area (Å²) in [6.07, 6.45) is 5.13. The SMILES string of the molecule is CCn1c(-c2cccnc2[C@H](C)OC)c2c3cc(ccc31)-c1csc(n1)C[C@H](NC(=O)[C@H](C(C)C)N(C)C(=O)N(C)C1CC1)C(=O)N1CCC[C@@](C)(N1)C(=O)OCC(C)(C)C2. The highest BCUT2D eigenvalue weighted by molar-refractivity contribution is 7.10. The number of aryl methyl sites for hydroxylation is 1. The van der Waals surface area contributed by atoms with Gasteiger partial charge in [-0.2, -0.15) is 0 Å². The second-order valence-electron chi connectivity index (χ2n) is 18.4. The smallest absolute Gasteiger partial charge is 0.327 e. The maximum atomic E-state index is 14.6. The first-order chi connectivity index (χ1) is 29.0. The van der Waals surface area contributed by atoms with E-state index >= 15 is 0 Å². The molecule has 5 heterocycles. The van der Waals surface area contributed by atoms with Crippen molar-refractivity contribution in [2.75, 3.05) is 34.4 Å². The minimum atomic E-state index is -1.20. The molecule has 7 rings (SSSR count). The number of hydrazine groups is 1. The van der Waals surface area contributed by atoms with Gasteiger partial charge in [-0.3, -0.25) is 19.6 Å². The topological polar surface area (TPSA) is 151 Å². The Morgan fingerprint density at radius 3 is 2.57 bits per heavy atom. The van der Waals surface area contributed by atoms with Crippen LogP contribution in [0, 0.1) is 11.3 Å². The number of fused-ring (bicyclic) bond motifs is 6. The number of aromatic nitrogens is 3. The number of thiazole rings is 1. The van der Waals surface area contributed by atoms with E-state index in [0.717, 1.165) is 57.5 Å². The molecule has 14 nitrogen and oxygen atoms in total. The van der Waals surface area contributed by atoms with Crippen LogP contribution in [0.5, 0.6) is 0 Å². The number of amides is 4. The molecule has 1 aliphatic carbocycles. The summed E-state index contributed by atoms with van der Waals surface area (Å²) in [5, 5.41) is 8.21. The second-order valence-corrected chi connectivity index (χ2v) is 19.3. The zero-order valence-electron chi connectivity index (χ0n) is 37.3. The largest absolute Gasteiger partial charge is 0.464 e. The van der Waals surface area contributed by atoms with Crippen LogP contribution in [0.2, 0.25) is 0 Å². The van der Waals surface area contributed by atoms with Crippen molar-refractivity contribution in [3.63, 3.8) is 0 Å². The molecule has 4 amide bonds. The van der Waals surface area contributed by atoms with Crippen LogP contribution >= 0.6 is 11.3 Å². The molecule has 61 heavy (non-hydrogen) atoms. The summed E-state index contributed by atoms with van der Waals surface area (Å²) in [6.45, 7) is 15.1. The van der Waals surface area contributed by atoms with Crippen molar-refractivity contribution in [3.8, 4) is 22.5 Å². The predicted molar refractivity (Wildman–Crippen MR) is 237 cm³/mol. The number of benzene rings is 1. The fraction of sp³-hybridized carbons (Fsp3) is 0.565. The number of carbonyl (C=O) groups excluding carboxylic acids is 4.